The van der Waals surface area contributed by atoms with Gasteiger partial charge in [-0.2, -0.15) is 0 Å². The molecule has 1 fully saturated rings. The maximum atomic E-state index is 12.7. The molecule has 1 aliphatic rings. The van der Waals surface area contributed by atoms with Crippen molar-refractivity contribution in [2.24, 2.45) is 0 Å². The number of H-pyrrole nitrogens is 1. The average Bonchev–Trinajstić information content (AvgIpc) is 3.19. The first kappa shape index (κ1) is 20.5. The Kier molecular flexibility index (Phi) is 6.09. The summed E-state index contributed by atoms with van der Waals surface area (Å²) in [5, 5.41) is 1.25. The van der Waals surface area contributed by atoms with Crippen LogP contribution in [-0.2, 0) is 11.3 Å². The number of hydrogen-bond donors (Lipinski definition) is 1. The predicted octanol–water partition coefficient (Wildman–Crippen LogP) is 4.32. The third-order valence-corrected chi connectivity index (χ3v) is 6.40. The summed E-state index contributed by atoms with van der Waals surface area (Å²) in [7, 11) is 3.61. The lowest BCUT2D eigenvalue weighted by Crippen LogP contribution is -2.41. The minimum absolute atomic E-state index is 0.188. The molecule has 0 unspecified atom stereocenters. The number of nitrogens with zero attached hydrogens (tertiary/aromatic N) is 2. The zero-order valence-corrected chi connectivity index (χ0v) is 18.1. The summed E-state index contributed by atoms with van der Waals surface area (Å²) in [6.45, 7) is 5.16. The number of fused-ring (bicyclic) bond motifs is 1. The lowest BCUT2D eigenvalue weighted by Gasteiger charge is -2.32. The summed E-state index contributed by atoms with van der Waals surface area (Å²) in [6, 6.07) is 14.5. The molecule has 1 N–H and O–H groups in total. The van der Waals surface area contributed by atoms with E-state index in [0.29, 0.717) is 19.0 Å². The molecule has 5 nitrogen and oxygen atoms in total. The SMILES string of the molecule is COc1ccc2[nH]cc(C3CCN(CC(=O)N(C)Cc4ccccc4C)CC3)c2c1. The van der Waals surface area contributed by atoms with E-state index in [9.17, 15) is 4.79 Å². The molecule has 4 rings (SSSR count). The molecule has 1 amide bonds. The van der Waals surface area contributed by atoms with Crippen LogP contribution in [0.15, 0.2) is 48.7 Å². The molecular weight excluding hydrogens is 374 g/mol. The Morgan fingerprint density at radius 1 is 1.20 bits per heavy atom. The first-order chi connectivity index (χ1) is 14.5. The van der Waals surface area contributed by atoms with E-state index < -0.39 is 0 Å². The number of carbonyl (C=O) groups is 1. The molecule has 0 aliphatic carbocycles. The highest BCUT2D eigenvalue weighted by Crippen LogP contribution is 2.34. The van der Waals surface area contributed by atoms with Crippen molar-refractivity contribution < 1.29 is 9.53 Å². The zero-order valence-electron chi connectivity index (χ0n) is 18.1. The van der Waals surface area contributed by atoms with Crippen molar-refractivity contribution in [3.8, 4) is 5.75 Å². The van der Waals surface area contributed by atoms with E-state index >= 15 is 0 Å². The van der Waals surface area contributed by atoms with Crippen LogP contribution in [0, 0.1) is 6.92 Å². The molecular formula is C25H31N3O2. The van der Waals surface area contributed by atoms with Gasteiger partial charge in [0.15, 0.2) is 0 Å². The van der Waals surface area contributed by atoms with Crippen LogP contribution in [0.2, 0.25) is 0 Å². The molecule has 3 aromatic rings. The molecule has 5 heteroatoms. The van der Waals surface area contributed by atoms with Gasteiger partial charge in [-0.3, -0.25) is 9.69 Å². The smallest absolute Gasteiger partial charge is 0.236 e. The van der Waals surface area contributed by atoms with E-state index in [-0.39, 0.29) is 5.91 Å². The summed E-state index contributed by atoms with van der Waals surface area (Å²) < 4.78 is 5.40. The highest BCUT2D eigenvalue weighted by atomic mass is 16.5. The number of nitrogens with one attached hydrogen (secondary N) is 1. The van der Waals surface area contributed by atoms with Crippen molar-refractivity contribution in [1.82, 2.24) is 14.8 Å². The van der Waals surface area contributed by atoms with Gasteiger partial charge < -0.3 is 14.6 Å². The standard InChI is InChI=1S/C25H31N3O2/c1-18-6-4-5-7-20(18)16-27(2)25(29)17-28-12-10-19(11-13-28)23-15-26-24-9-8-21(30-3)14-22(23)24/h4-9,14-15,19,26H,10-13,16-17H2,1-3H3. The zero-order chi connectivity index (χ0) is 21.1. The van der Waals surface area contributed by atoms with E-state index in [4.69, 9.17) is 4.74 Å². The fraction of sp³-hybridized carbons (Fsp3) is 0.400. The first-order valence-electron chi connectivity index (χ1n) is 10.7. The van der Waals surface area contributed by atoms with Gasteiger partial charge in [-0.05, 0) is 73.7 Å². The molecule has 2 heterocycles. The van der Waals surface area contributed by atoms with Gasteiger partial charge in [0.25, 0.3) is 0 Å². The fourth-order valence-electron chi connectivity index (χ4n) is 4.43. The van der Waals surface area contributed by atoms with Gasteiger partial charge in [-0.25, -0.2) is 0 Å². The van der Waals surface area contributed by atoms with Crippen molar-refractivity contribution in [3.05, 3.63) is 65.4 Å². The Morgan fingerprint density at radius 3 is 2.70 bits per heavy atom. The minimum atomic E-state index is 0.188. The number of aryl methyl sites for hydroxylation is 1. The quantitative estimate of drug-likeness (QED) is 0.664. The van der Waals surface area contributed by atoms with Crippen LogP contribution >= 0.6 is 0 Å². The number of ether oxygens (including phenoxy) is 1. The highest BCUT2D eigenvalue weighted by Gasteiger charge is 2.25. The van der Waals surface area contributed by atoms with Crippen LogP contribution in [-0.4, -0.2) is 54.5 Å². The maximum Gasteiger partial charge on any atom is 0.236 e. The van der Waals surface area contributed by atoms with Crippen molar-refractivity contribution in [2.45, 2.75) is 32.2 Å². The Hall–Kier alpha value is -2.79. The number of carbonyl (C=O) groups excluding carboxylic acids is 1. The van der Waals surface area contributed by atoms with Crippen molar-refractivity contribution >= 4 is 16.8 Å². The summed E-state index contributed by atoms with van der Waals surface area (Å²) in [5.41, 5.74) is 4.96. The summed E-state index contributed by atoms with van der Waals surface area (Å²) in [6.07, 6.45) is 4.28. The molecule has 0 radical (unpaired) electrons. The van der Waals surface area contributed by atoms with Crippen molar-refractivity contribution in [1.29, 1.82) is 0 Å². The first-order valence-corrected chi connectivity index (χ1v) is 10.7. The van der Waals surface area contributed by atoms with Gasteiger partial charge in [0.2, 0.25) is 5.91 Å². The minimum Gasteiger partial charge on any atom is -0.497 e. The second kappa shape index (κ2) is 8.92. The van der Waals surface area contributed by atoms with Crippen molar-refractivity contribution in [2.75, 3.05) is 33.8 Å². The number of methoxy groups -OCH3 is 1. The van der Waals surface area contributed by atoms with Gasteiger partial charge in [0.05, 0.1) is 13.7 Å². The predicted molar refractivity (Wildman–Crippen MR) is 121 cm³/mol. The van der Waals surface area contributed by atoms with Crippen molar-refractivity contribution in [3.63, 3.8) is 0 Å². The van der Waals surface area contributed by atoms with E-state index in [0.717, 1.165) is 37.2 Å². The number of amides is 1. The van der Waals surface area contributed by atoms with Gasteiger partial charge in [-0.15, -0.1) is 0 Å². The number of piperidine rings is 1. The fourth-order valence-corrected chi connectivity index (χ4v) is 4.43. The number of hydrogen-bond acceptors (Lipinski definition) is 3. The number of aromatic nitrogens is 1. The maximum absolute atomic E-state index is 12.7. The number of aromatic amines is 1. The number of benzene rings is 2. The van der Waals surface area contributed by atoms with Gasteiger partial charge in [-0.1, -0.05) is 24.3 Å². The molecule has 1 aliphatic heterocycles. The topological polar surface area (TPSA) is 48.6 Å². The third kappa shape index (κ3) is 4.36. The molecule has 0 saturated carbocycles. The summed E-state index contributed by atoms with van der Waals surface area (Å²) >= 11 is 0. The van der Waals surface area contributed by atoms with Crippen LogP contribution in [0.1, 0.15) is 35.4 Å². The third-order valence-electron chi connectivity index (χ3n) is 6.40. The van der Waals surface area contributed by atoms with Gasteiger partial charge in [0, 0.05) is 30.7 Å². The lowest BCUT2D eigenvalue weighted by atomic mass is 9.89. The Balaban J connectivity index is 1.33. The van der Waals surface area contributed by atoms with E-state index in [2.05, 4.69) is 47.3 Å². The largest absolute Gasteiger partial charge is 0.497 e. The summed E-state index contributed by atoms with van der Waals surface area (Å²) in [4.78, 5) is 20.3. The molecule has 0 atom stereocenters. The second-order valence-corrected chi connectivity index (χ2v) is 8.38. The normalized spacial score (nSPS) is 15.4. The highest BCUT2D eigenvalue weighted by molar-refractivity contribution is 5.85. The second-order valence-electron chi connectivity index (χ2n) is 8.38. The average molecular weight is 406 g/mol. The van der Waals surface area contributed by atoms with Crippen LogP contribution < -0.4 is 4.74 Å². The number of likely N-dealkylation sites (N-methyl/N-ethyl adjacent to an activating group) is 1. The van der Waals surface area contributed by atoms with Crippen LogP contribution in [0.4, 0.5) is 0 Å². The number of likely N-dealkylation sites (tertiary alicyclic amines) is 1. The van der Waals surface area contributed by atoms with E-state index in [1.54, 1.807) is 7.11 Å². The van der Waals surface area contributed by atoms with Gasteiger partial charge >= 0.3 is 0 Å². The van der Waals surface area contributed by atoms with Crippen LogP contribution in [0.5, 0.6) is 5.75 Å². The summed E-state index contributed by atoms with van der Waals surface area (Å²) in [5.74, 6) is 1.60. The molecule has 1 aromatic heterocycles. The van der Waals surface area contributed by atoms with Crippen LogP contribution in [0.3, 0.4) is 0 Å². The molecule has 1 saturated heterocycles. The Morgan fingerprint density at radius 2 is 1.97 bits per heavy atom. The molecule has 30 heavy (non-hydrogen) atoms. The molecule has 0 bridgehead atoms. The monoisotopic (exact) mass is 405 g/mol. The lowest BCUT2D eigenvalue weighted by molar-refractivity contribution is -0.131. The molecule has 158 valence electrons. The van der Waals surface area contributed by atoms with E-state index in [1.807, 2.05) is 30.1 Å². The Bertz CT molecular complexity index is 1020. The van der Waals surface area contributed by atoms with Crippen LogP contribution in [0.25, 0.3) is 10.9 Å². The number of rotatable bonds is 6. The molecule has 2 aromatic carbocycles. The Labute approximate surface area is 178 Å². The van der Waals surface area contributed by atoms with E-state index in [1.165, 1.54) is 22.1 Å². The van der Waals surface area contributed by atoms with Gasteiger partial charge in [0.1, 0.15) is 5.75 Å². The molecule has 0 spiro atoms.